The third-order valence-corrected chi connectivity index (χ3v) is 6.76. The molecule has 1 amide bonds. The molecule has 1 aromatic carbocycles. The van der Waals surface area contributed by atoms with Gasteiger partial charge in [0.2, 0.25) is 5.91 Å². The Balaban J connectivity index is 2.26. The van der Waals surface area contributed by atoms with Crippen molar-refractivity contribution in [3.8, 4) is 5.75 Å². The highest BCUT2D eigenvalue weighted by molar-refractivity contribution is 7.92. The van der Waals surface area contributed by atoms with E-state index >= 15 is 0 Å². The number of hydrogen-bond donors (Lipinski definition) is 3. The average Bonchev–Trinajstić information content (AvgIpc) is 3.22. The molecule has 0 radical (unpaired) electrons. The van der Waals surface area contributed by atoms with Gasteiger partial charge in [-0.25, -0.2) is 8.42 Å². The zero-order valence-corrected chi connectivity index (χ0v) is 19.9. The molecule has 0 aliphatic carbocycles. The molecule has 164 valence electrons. The minimum atomic E-state index is -3.97. The number of hydrogen-bond acceptors (Lipinski definition) is 6. The van der Waals surface area contributed by atoms with Crippen LogP contribution < -0.4 is 20.1 Å². The molecular formula is C20H27N3O4S3. The van der Waals surface area contributed by atoms with Gasteiger partial charge in [-0.2, -0.15) is 11.3 Å². The maximum Gasteiger partial charge on any atom is 0.267 e. The molecule has 1 heterocycles. The number of benzene rings is 1. The van der Waals surface area contributed by atoms with Gasteiger partial charge in [0.1, 0.15) is 10.6 Å². The summed E-state index contributed by atoms with van der Waals surface area (Å²) in [6.45, 7) is 6.14. The quantitative estimate of drug-likeness (QED) is 0.489. The zero-order chi connectivity index (χ0) is 22.4. The van der Waals surface area contributed by atoms with Gasteiger partial charge in [0.05, 0.1) is 18.6 Å². The molecule has 0 fully saturated rings. The summed E-state index contributed by atoms with van der Waals surface area (Å²) in [5.74, 6) is 0.00138. The SMILES string of the molecule is CCCOc1ccc(CC(=O)NC(C)(C)c2ccsc2)cc1S(=O)(=O)NC(=S)NC. The summed E-state index contributed by atoms with van der Waals surface area (Å²) in [5, 5.41) is 9.49. The molecule has 0 bridgehead atoms. The largest absolute Gasteiger partial charge is 0.492 e. The fourth-order valence-electron chi connectivity index (χ4n) is 2.70. The Morgan fingerprint density at radius 1 is 1.27 bits per heavy atom. The Kier molecular flexibility index (Phi) is 8.22. The van der Waals surface area contributed by atoms with E-state index in [1.807, 2.05) is 37.6 Å². The second-order valence-electron chi connectivity index (χ2n) is 7.18. The summed E-state index contributed by atoms with van der Waals surface area (Å²) in [5.41, 5.74) is 1.03. The van der Waals surface area contributed by atoms with E-state index in [1.54, 1.807) is 23.5 Å². The average molecular weight is 470 g/mol. The van der Waals surface area contributed by atoms with Gasteiger partial charge >= 0.3 is 0 Å². The number of sulfonamides is 1. The lowest BCUT2D eigenvalue weighted by atomic mass is 9.97. The second-order valence-corrected chi connectivity index (χ2v) is 10.0. The van der Waals surface area contributed by atoms with Gasteiger partial charge in [-0.05, 0) is 72.6 Å². The highest BCUT2D eigenvalue weighted by Crippen LogP contribution is 2.26. The standard InChI is InChI=1S/C20H27N3O4S3/c1-5-9-27-16-7-6-14(11-17(16)30(25,26)23-19(28)21-4)12-18(24)22-20(2,3)15-8-10-29-13-15/h6-8,10-11,13H,5,9,12H2,1-4H3,(H,22,24)(H2,21,23,28). The molecule has 0 saturated carbocycles. The Hall–Kier alpha value is -2.17. The normalized spacial score (nSPS) is 11.6. The van der Waals surface area contributed by atoms with E-state index in [9.17, 15) is 13.2 Å². The van der Waals surface area contributed by atoms with Crippen molar-refractivity contribution in [2.24, 2.45) is 0 Å². The zero-order valence-electron chi connectivity index (χ0n) is 17.4. The summed E-state index contributed by atoms with van der Waals surface area (Å²) in [4.78, 5) is 12.6. The van der Waals surface area contributed by atoms with Gasteiger partial charge in [-0.15, -0.1) is 0 Å². The number of ether oxygens (including phenoxy) is 1. The predicted octanol–water partition coefficient (Wildman–Crippen LogP) is 2.91. The first-order valence-electron chi connectivity index (χ1n) is 9.43. The van der Waals surface area contributed by atoms with Crippen LogP contribution in [0.5, 0.6) is 5.75 Å². The van der Waals surface area contributed by atoms with Crippen molar-refractivity contribution < 1.29 is 17.9 Å². The van der Waals surface area contributed by atoms with Gasteiger partial charge < -0.3 is 15.4 Å². The lowest BCUT2D eigenvalue weighted by molar-refractivity contribution is -0.122. The molecule has 30 heavy (non-hydrogen) atoms. The third kappa shape index (κ3) is 6.41. The van der Waals surface area contributed by atoms with Crippen molar-refractivity contribution in [2.75, 3.05) is 13.7 Å². The lowest BCUT2D eigenvalue weighted by Gasteiger charge is -2.25. The third-order valence-electron chi connectivity index (χ3n) is 4.27. The smallest absolute Gasteiger partial charge is 0.267 e. The molecule has 0 saturated heterocycles. The maximum atomic E-state index is 12.8. The molecule has 0 aliphatic heterocycles. The Morgan fingerprint density at radius 2 is 2.00 bits per heavy atom. The molecule has 0 unspecified atom stereocenters. The van der Waals surface area contributed by atoms with E-state index in [4.69, 9.17) is 17.0 Å². The van der Waals surface area contributed by atoms with E-state index in [0.717, 1.165) is 12.0 Å². The first kappa shape index (κ1) is 24.1. The van der Waals surface area contributed by atoms with Crippen molar-refractivity contribution in [3.05, 3.63) is 46.2 Å². The summed E-state index contributed by atoms with van der Waals surface area (Å²) < 4.78 is 33.5. The fourth-order valence-corrected chi connectivity index (χ4v) is 5.01. The summed E-state index contributed by atoms with van der Waals surface area (Å²) in [6, 6.07) is 6.67. The van der Waals surface area contributed by atoms with Crippen LogP contribution in [0.25, 0.3) is 0 Å². The van der Waals surface area contributed by atoms with E-state index in [1.165, 1.54) is 13.1 Å². The van der Waals surface area contributed by atoms with Crippen LogP contribution >= 0.6 is 23.6 Å². The molecular weight excluding hydrogens is 442 g/mol. The monoisotopic (exact) mass is 469 g/mol. The first-order valence-corrected chi connectivity index (χ1v) is 12.3. The number of amides is 1. The topological polar surface area (TPSA) is 96.5 Å². The maximum absolute atomic E-state index is 12.8. The van der Waals surface area contributed by atoms with E-state index in [0.29, 0.717) is 12.2 Å². The van der Waals surface area contributed by atoms with Crippen molar-refractivity contribution >= 4 is 44.6 Å². The van der Waals surface area contributed by atoms with E-state index < -0.39 is 15.6 Å². The number of carbonyl (C=O) groups excluding carboxylic acids is 1. The van der Waals surface area contributed by atoms with E-state index in [2.05, 4.69) is 15.4 Å². The highest BCUT2D eigenvalue weighted by Gasteiger charge is 2.25. The highest BCUT2D eigenvalue weighted by atomic mass is 32.2. The van der Waals surface area contributed by atoms with E-state index in [-0.39, 0.29) is 28.1 Å². The van der Waals surface area contributed by atoms with Crippen LogP contribution in [0.3, 0.4) is 0 Å². The Bertz CT molecular complexity index is 987. The van der Waals surface area contributed by atoms with Crippen LogP contribution in [0.15, 0.2) is 39.9 Å². The molecule has 7 nitrogen and oxygen atoms in total. The van der Waals surface area contributed by atoms with Crippen molar-refractivity contribution in [3.63, 3.8) is 0 Å². The van der Waals surface area contributed by atoms with Gasteiger partial charge in [-0.3, -0.25) is 9.52 Å². The van der Waals surface area contributed by atoms with Gasteiger partial charge in [0, 0.05) is 7.05 Å². The summed E-state index contributed by atoms with van der Waals surface area (Å²) in [7, 11) is -2.45. The number of nitrogens with one attached hydrogen (secondary N) is 3. The van der Waals surface area contributed by atoms with Gasteiger partial charge in [-0.1, -0.05) is 13.0 Å². The summed E-state index contributed by atoms with van der Waals surface area (Å²) in [6.07, 6.45) is 0.754. The summed E-state index contributed by atoms with van der Waals surface area (Å²) >= 11 is 6.49. The van der Waals surface area contributed by atoms with Gasteiger partial charge in [0.15, 0.2) is 5.11 Å². The molecule has 0 aliphatic rings. The molecule has 3 N–H and O–H groups in total. The molecule has 0 spiro atoms. The Labute approximate surface area is 187 Å². The second kappa shape index (κ2) is 10.2. The van der Waals surface area contributed by atoms with Crippen LogP contribution in [0, 0.1) is 0 Å². The Morgan fingerprint density at radius 3 is 2.60 bits per heavy atom. The lowest BCUT2D eigenvalue weighted by Crippen LogP contribution is -2.41. The van der Waals surface area contributed by atoms with Crippen LogP contribution in [-0.4, -0.2) is 33.1 Å². The van der Waals surface area contributed by atoms with Crippen molar-refractivity contribution in [1.29, 1.82) is 0 Å². The number of thiophene rings is 1. The molecule has 2 aromatic rings. The fraction of sp³-hybridized carbons (Fsp3) is 0.400. The minimum absolute atomic E-state index is 0.0284. The van der Waals surface area contributed by atoms with Crippen LogP contribution in [-0.2, 0) is 26.8 Å². The minimum Gasteiger partial charge on any atom is -0.492 e. The van der Waals surface area contributed by atoms with Crippen molar-refractivity contribution in [2.45, 2.75) is 44.0 Å². The predicted molar refractivity (Wildman–Crippen MR) is 123 cm³/mol. The first-order chi connectivity index (χ1) is 14.1. The van der Waals surface area contributed by atoms with Crippen LogP contribution in [0.2, 0.25) is 0 Å². The molecule has 0 atom stereocenters. The molecule has 2 rings (SSSR count). The van der Waals surface area contributed by atoms with Crippen LogP contribution in [0.1, 0.15) is 38.3 Å². The molecule has 10 heteroatoms. The van der Waals surface area contributed by atoms with Gasteiger partial charge in [0.25, 0.3) is 10.0 Å². The number of rotatable bonds is 9. The molecule has 1 aromatic heterocycles. The van der Waals surface area contributed by atoms with Crippen molar-refractivity contribution in [1.82, 2.24) is 15.4 Å². The number of carbonyl (C=O) groups is 1. The number of thiocarbonyl (C=S) groups is 1. The van der Waals surface area contributed by atoms with Crippen LogP contribution in [0.4, 0.5) is 0 Å².